The second-order valence-corrected chi connectivity index (χ2v) is 2.88. The van der Waals surface area contributed by atoms with Crippen molar-refractivity contribution in [1.82, 2.24) is 4.90 Å². The van der Waals surface area contributed by atoms with Gasteiger partial charge in [-0.15, -0.1) is 0 Å². The van der Waals surface area contributed by atoms with Gasteiger partial charge in [-0.3, -0.25) is 0 Å². The van der Waals surface area contributed by atoms with Crippen LogP contribution in [0.15, 0.2) is 0 Å². The molecule has 10 heavy (non-hydrogen) atoms. The number of hydrogen-bond acceptors (Lipinski definition) is 3. The van der Waals surface area contributed by atoms with Gasteiger partial charge in [0.25, 0.3) is 0 Å². The maximum atomic E-state index is 8.74. The Morgan fingerprint density at radius 3 is 2.40 bits per heavy atom. The molecule has 1 atom stereocenters. The smallest absolute Gasteiger partial charge is 0.0471 e. The lowest BCUT2D eigenvalue weighted by molar-refractivity contribution is 0.211. The van der Waals surface area contributed by atoms with Crippen molar-refractivity contribution >= 4 is 0 Å². The topological polar surface area (TPSA) is 49.5 Å². The van der Waals surface area contributed by atoms with Crippen LogP contribution in [-0.2, 0) is 0 Å². The molecule has 0 rings (SSSR count). The third-order valence-corrected chi connectivity index (χ3v) is 1.58. The Hall–Kier alpha value is -0.120. The molecule has 0 spiro atoms. The maximum Gasteiger partial charge on any atom is 0.0471 e. The number of nitrogens with zero attached hydrogens (tertiary/aromatic N) is 1. The summed E-state index contributed by atoms with van der Waals surface area (Å²) in [7, 11) is 4.04. The molecule has 0 radical (unpaired) electrons. The van der Waals surface area contributed by atoms with Crippen molar-refractivity contribution in [2.75, 3.05) is 33.8 Å². The summed E-state index contributed by atoms with van der Waals surface area (Å²) in [6.45, 7) is 1.80. The molecule has 0 aliphatic carbocycles. The zero-order valence-corrected chi connectivity index (χ0v) is 6.88. The van der Waals surface area contributed by atoms with Gasteiger partial charge in [-0.2, -0.15) is 0 Å². The SMILES string of the molecule is CN(C)CCC(CN)CO. The van der Waals surface area contributed by atoms with Crippen LogP contribution in [0.5, 0.6) is 0 Å². The van der Waals surface area contributed by atoms with Crippen LogP contribution in [-0.4, -0.2) is 43.8 Å². The molecule has 62 valence electrons. The number of rotatable bonds is 5. The Labute approximate surface area is 62.8 Å². The van der Waals surface area contributed by atoms with Gasteiger partial charge in [-0.05, 0) is 39.5 Å². The summed E-state index contributed by atoms with van der Waals surface area (Å²) in [6.07, 6.45) is 0.986. The van der Waals surface area contributed by atoms with Gasteiger partial charge in [-0.25, -0.2) is 0 Å². The highest BCUT2D eigenvalue weighted by Crippen LogP contribution is 1.99. The lowest BCUT2D eigenvalue weighted by atomic mass is 10.1. The normalized spacial score (nSPS) is 14.1. The molecule has 0 fully saturated rings. The van der Waals surface area contributed by atoms with Crippen LogP contribution in [0.25, 0.3) is 0 Å². The van der Waals surface area contributed by atoms with Crippen LogP contribution >= 0.6 is 0 Å². The highest BCUT2D eigenvalue weighted by atomic mass is 16.3. The average molecular weight is 146 g/mol. The first-order valence-electron chi connectivity index (χ1n) is 3.66. The van der Waals surface area contributed by atoms with Gasteiger partial charge in [0.05, 0.1) is 0 Å². The second-order valence-electron chi connectivity index (χ2n) is 2.88. The van der Waals surface area contributed by atoms with Crippen molar-refractivity contribution < 1.29 is 5.11 Å². The van der Waals surface area contributed by atoms with Crippen molar-refractivity contribution in [3.63, 3.8) is 0 Å². The zero-order valence-electron chi connectivity index (χ0n) is 6.88. The quantitative estimate of drug-likeness (QED) is 0.550. The summed E-state index contributed by atoms with van der Waals surface area (Å²) >= 11 is 0. The minimum atomic E-state index is 0.213. The molecule has 3 nitrogen and oxygen atoms in total. The number of aliphatic hydroxyl groups excluding tert-OH is 1. The van der Waals surface area contributed by atoms with E-state index in [9.17, 15) is 0 Å². The van der Waals surface area contributed by atoms with Gasteiger partial charge in [0.15, 0.2) is 0 Å². The van der Waals surface area contributed by atoms with Crippen molar-refractivity contribution in [2.45, 2.75) is 6.42 Å². The summed E-state index contributed by atoms with van der Waals surface area (Å²) in [5, 5.41) is 8.74. The van der Waals surface area contributed by atoms with Gasteiger partial charge in [0.2, 0.25) is 0 Å². The fourth-order valence-electron chi connectivity index (χ4n) is 0.724. The molecule has 0 saturated heterocycles. The van der Waals surface area contributed by atoms with Crippen LogP contribution < -0.4 is 5.73 Å². The highest BCUT2D eigenvalue weighted by molar-refractivity contribution is 4.59. The molecule has 0 aromatic carbocycles. The first-order chi connectivity index (χ1) is 4.70. The van der Waals surface area contributed by atoms with Crippen molar-refractivity contribution in [1.29, 1.82) is 0 Å². The molecule has 0 bridgehead atoms. The molecule has 0 heterocycles. The van der Waals surface area contributed by atoms with E-state index in [2.05, 4.69) is 4.90 Å². The van der Waals surface area contributed by atoms with E-state index in [-0.39, 0.29) is 12.5 Å². The van der Waals surface area contributed by atoms with E-state index >= 15 is 0 Å². The Morgan fingerprint density at radius 1 is 1.50 bits per heavy atom. The molecule has 0 aromatic heterocycles. The minimum Gasteiger partial charge on any atom is -0.396 e. The van der Waals surface area contributed by atoms with E-state index in [0.29, 0.717) is 6.54 Å². The van der Waals surface area contributed by atoms with Crippen LogP contribution in [0.3, 0.4) is 0 Å². The molecule has 0 aromatic rings. The third-order valence-electron chi connectivity index (χ3n) is 1.58. The lowest BCUT2D eigenvalue weighted by Gasteiger charge is -2.14. The zero-order chi connectivity index (χ0) is 7.98. The largest absolute Gasteiger partial charge is 0.396 e. The van der Waals surface area contributed by atoms with Gasteiger partial charge in [0.1, 0.15) is 0 Å². The molecular weight excluding hydrogens is 128 g/mol. The Balaban J connectivity index is 3.26. The predicted octanol–water partition coefficient (Wildman–Crippen LogP) is -0.495. The monoisotopic (exact) mass is 146 g/mol. The van der Waals surface area contributed by atoms with Gasteiger partial charge in [0, 0.05) is 6.61 Å². The van der Waals surface area contributed by atoms with E-state index in [1.807, 2.05) is 14.1 Å². The van der Waals surface area contributed by atoms with Gasteiger partial charge >= 0.3 is 0 Å². The third kappa shape index (κ3) is 4.73. The summed E-state index contributed by atoms with van der Waals surface area (Å²) < 4.78 is 0. The van der Waals surface area contributed by atoms with Gasteiger partial charge in [-0.1, -0.05) is 0 Å². The van der Waals surface area contributed by atoms with Crippen LogP contribution in [0, 0.1) is 5.92 Å². The van der Waals surface area contributed by atoms with E-state index < -0.39 is 0 Å². The molecule has 0 aliphatic rings. The first-order valence-corrected chi connectivity index (χ1v) is 3.66. The van der Waals surface area contributed by atoms with Crippen molar-refractivity contribution in [3.8, 4) is 0 Å². The van der Waals surface area contributed by atoms with E-state index in [4.69, 9.17) is 10.8 Å². The molecular formula is C7H18N2O. The van der Waals surface area contributed by atoms with Crippen LogP contribution in [0.2, 0.25) is 0 Å². The molecule has 1 unspecified atom stereocenters. The van der Waals surface area contributed by atoms with E-state index in [1.165, 1.54) is 0 Å². The van der Waals surface area contributed by atoms with Gasteiger partial charge < -0.3 is 15.7 Å². The number of hydrogen-bond donors (Lipinski definition) is 2. The van der Waals surface area contributed by atoms with Crippen molar-refractivity contribution in [2.24, 2.45) is 11.7 Å². The molecule has 0 aliphatic heterocycles. The molecule has 3 heteroatoms. The minimum absolute atomic E-state index is 0.213. The summed E-state index contributed by atoms with van der Waals surface area (Å²) in [5.74, 6) is 0.280. The number of nitrogens with two attached hydrogens (primary N) is 1. The summed E-state index contributed by atoms with van der Waals surface area (Å²) in [5.41, 5.74) is 5.39. The standard InChI is InChI=1S/C7H18N2O/c1-9(2)4-3-7(5-8)6-10/h7,10H,3-6,8H2,1-2H3. The molecule has 0 saturated carbocycles. The highest BCUT2D eigenvalue weighted by Gasteiger charge is 2.03. The fraction of sp³-hybridized carbons (Fsp3) is 1.00. The summed E-state index contributed by atoms with van der Waals surface area (Å²) in [6, 6.07) is 0. The molecule has 3 N–H and O–H groups in total. The average Bonchev–Trinajstić information content (AvgIpc) is 1.90. The Bertz CT molecular complexity index is 72.0. The Kier molecular flexibility index (Phi) is 5.58. The van der Waals surface area contributed by atoms with E-state index in [1.54, 1.807) is 0 Å². The predicted molar refractivity (Wildman–Crippen MR) is 42.8 cm³/mol. The first kappa shape index (κ1) is 9.88. The molecule has 0 amide bonds. The van der Waals surface area contributed by atoms with Crippen LogP contribution in [0.4, 0.5) is 0 Å². The van der Waals surface area contributed by atoms with E-state index in [0.717, 1.165) is 13.0 Å². The van der Waals surface area contributed by atoms with Crippen LogP contribution in [0.1, 0.15) is 6.42 Å². The van der Waals surface area contributed by atoms with Crippen molar-refractivity contribution in [3.05, 3.63) is 0 Å². The maximum absolute atomic E-state index is 8.74. The fourth-order valence-corrected chi connectivity index (χ4v) is 0.724. The Morgan fingerprint density at radius 2 is 2.10 bits per heavy atom. The lowest BCUT2D eigenvalue weighted by Crippen LogP contribution is -2.23. The number of aliphatic hydroxyl groups is 1. The second kappa shape index (κ2) is 5.65. The summed E-state index contributed by atoms with van der Waals surface area (Å²) in [4.78, 5) is 2.10.